The van der Waals surface area contributed by atoms with E-state index >= 15 is 0 Å². The van der Waals surface area contributed by atoms with E-state index in [1.54, 1.807) is 0 Å². The molecular formula is C43H74O9P8. The first-order valence-electron chi connectivity index (χ1n) is 22.5. The highest BCUT2D eigenvalue weighted by molar-refractivity contribution is 8.41. The molecule has 340 valence electrons. The Morgan fingerprint density at radius 3 is 2.17 bits per heavy atom. The smallest absolute Gasteiger partial charge is 0.135 e. The Kier molecular flexibility index (Phi) is 19.0. The highest BCUT2D eigenvalue weighted by Crippen LogP contribution is 2.60. The number of fused-ring (bicyclic) bond motifs is 7. The quantitative estimate of drug-likeness (QED) is 0.165. The van der Waals surface area contributed by atoms with Crippen molar-refractivity contribution >= 4 is 73.7 Å². The molecule has 60 heavy (non-hydrogen) atoms. The van der Waals surface area contributed by atoms with Gasteiger partial charge in [-0.15, -0.1) is 17.2 Å². The minimum absolute atomic E-state index is 0.0326. The zero-order valence-electron chi connectivity index (χ0n) is 36.1. The van der Waals surface area contributed by atoms with E-state index in [2.05, 4.69) is 85.2 Å². The molecule has 0 saturated carbocycles. The summed E-state index contributed by atoms with van der Waals surface area (Å²) in [7, 11) is 13.2. The number of ether oxygens (including phenoxy) is 6. The average Bonchev–Trinajstić information content (AvgIpc) is 3.81. The third kappa shape index (κ3) is 12.6. The van der Waals surface area contributed by atoms with Crippen molar-refractivity contribution in [2.45, 2.75) is 196 Å². The maximum Gasteiger partial charge on any atom is 0.135 e. The summed E-state index contributed by atoms with van der Waals surface area (Å²) in [6.45, 7) is 20.5. The van der Waals surface area contributed by atoms with Crippen molar-refractivity contribution in [1.82, 2.24) is 0 Å². The molecule has 7 aliphatic heterocycles. The van der Waals surface area contributed by atoms with Crippen LogP contribution in [0.4, 0.5) is 0 Å². The summed E-state index contributed by atoms with van der Waals surface area (Å²) in [5.41, 5.74) is 3.45. The average molecular weight is 983 g/mol. The summed E-state index contributed by atoms with van der Waals surface area (Å²) in [5, 5.41) is 0. The number of hydrogen-bond acceptors (Lipinski definition) is 9. The van der Waals surface area contributed by atoms with Gasteiger partial charge in [0.2, 0.25) is 0 Å². The Hall–Kier alpha value is 2.01. The highest BCUT2D eigenvalue weighted by atomic mass is 32.4. The Balaban J connectivity index is 1.14. The molecule has 0 amide bonds. The van der Waals surface area contributed by atoms with Crippen molar-refractivity contribution in [3.05, 3.63) is 36.5 Å². The summed E-state index contributed by atoms with van der Waals surface area (Å²) in [6, 6.07) is 0. The SMILES string of the molecule is C=C1CC[C@H]2CC(=C)C(CC[C@H]3C[C@@H](C)C(=C)[C@@H](CC4O[C@H](C[C@H](C)CCPP)[C@H](C)C4CC(=O)CC4CC[C@@H]5O[C@@H]6C(O[C@H](C1)[C@@H]6OP(P)P)[C@@H](OP(P)P)[C@H]5O4)O3)O2. The normalized spacial score (nSPS) is 43.9. The molecule has 7 saturated heterocycles. The zero-order valence-corrected chi connectivity index (χ0v) is 44.6. The third-order valence-electron chi connectivity index (χ3n) is 14.6. The van der Waals surface area contributed by atoms with E-state index in [1.165, 1.54) is 18.2 Å². The molecule has 0 aromatic carbocycles. The van der Waals surface area contributed by atoms with Crippen molar-refractivity contribution in [3.8, 4) is 0 Å². The van der Waals surface area contributed by atoms with Gasteiger partial charge in [0.05, 0.1) is 70.0 Å². The van der Waals surface area contributed by atoms with E-state index in [1.807, 2.05) is 0 Å². The maximum atomic E-state index is 14.3. The van der Waals surface area contributed by atoms with E-state index in [0.29, 0.717) is 31.1 Å². The summed E-state index contributed by atoms with van der Waals surface area (Å²) >= 11 is 0. The second kappa shape index (κ2) is 22.9. The fourth-order valence-electron chi connectivity index (χ4n) is 11.2. The molecule has 9 nitrogen and oxygen atoms in total. The van der Waals surface area contributed by atoms with Gasteiger partial charge in [-0.05, 0) is 112 Å². The summed E-state index contributed by atoms with van der Waals surface area (Å²) < 4.78 is 54.8. The third-order valence-corrected chi connectivity index (χ3v) is 18.4. The number of carbonyl (C=O) groups excluding carboxylic acids is 1. The molecule has 7 aliphatic rings. The first-order valence-corrected chi connectivity index (χ1v) is 34.5. The van der Waals surface area contributed by atoms with E-state index in [0.717, 1.165) is 83.6 Å². The van der Waals surface area contributed by atoms with Gasteiger partial charge in [0, 0.05) is 19.3 Å². The monoisotopic (exact) mass is 982 g/mol. The van der Waals surface area contributed by atoms with E-state index in [9.17, 15) is 4.79 Å². The van der Waals surface area contributed by atoms with Crippen LogP contribution in [0.1, 0.15) is 111 Å². The van der Waals surface area contributed by atoms with Gasteiger partial charge in [-0.3, -0.25) is 4.79 Å². The Morgan fingerprint density at radius 1 is 0.733 bits per heavy atom. The molecule has 24 atom stereocenters. The maximum absolute atomic E-state index is 14.3. The van der Waals surface area contributed by atoms with Crippen LogP contribution in [0, 0.1) is 23.7 Å². The lowest BCUT2D eigenvalue weighted by atomic mass is 9.78. The van der Waals surface area contributed by atoms with Crippen molar-refractivity contribution < 1.29 is 42.3 Å². The van der Waals surface area contributed by atoms with Crippen LogP contribution < -0.4 is 0 Å². The number of hydrogen-bond donors (Lipinski definition) is 0. The molecule has 0 radical (unpaired) electrons. The van der Waals surface area contributed by atoms with Crippen LogP contribution in [0.5, 0.6) is 0 Å². The van der Waals surface area contributed by atoms with Crippen LogP contribution in [-0.4, -0.2) is 97.4 Å². The molecule has 7 rings (SSSR count). The molecule has 7 heterocycles. The van der Waals surface area contributed by atoms with Gasteiger partial charge >= 0.3 is 0 Å². The lowest BCUT2D eigenvalue weighted by molar-refractivity contribution is -0.251. The van der Waals surface area contributed by atoms with Gasteiger partial charge in [0.15, 0.2) is 0 Å². The van der Waals surface area contributed by atoms with Crippen molar-refractivity contribution in [2.75, 3.05) is 6.16 Å². The lowest BCUT2D eigenvalue weighted by Gasteiger charge is -2.48. The number of ketones is 1. The topological polar surface area (TPSA) is 90.9 Å². The molecule has 17 heteroatoms. The first-order chi connectivity index (χ1) is 28.7. The molecule has 0 aromatic rings. The second-order valence-corrected chi connectivity index (χ2v) is 32.8. The van der Waals surface area contributed by atoms with Crippen LogP contribution in [0.3, 0.4) is 0 Å². The Labute approximate surface area is 376 Å². The largest absolute Gasteiger partial charge is 0.374 e. The molecule has 11 unspecified atom stereocenters. The molecule has 0 spiro atoms. The van der Waals surface area contributed by atoms with Crippen LogP contribution in [0.25, 0.3) is 0 Å². The summed E-state index contributed by atoms with van der Waals surface area (Å²) in [5.74, 6) is 1.51. The van der Waals surface area contributed by atoms with Gasteiger partial charge < -0.3 is 37.5 Å². The lowest BCUT2D eigenvalue weighted by Crippen LogP contribution is -2.61. The van der Waals surface area contributed by atoms with Crippen LogP contribution in [0.15, 0.2) is 36.5 Å². The molecule has 8 bridgehead atoms. The zero-order chi connectivity index (χ0) is 42.8. The molecular weight excluding hydrogens is 908 g/mol. The molecule has 0 aromatic heterocycles. The molecule has 7 fully saturated rings. The minimum Gasteiger partial charge on any atom is -0.374 e. The second-order valence-electron chi connectivity index (χ2n) is 19.1. The van der Waals surface area contributed by atoms with Crippen LogP contribution in [-0.2, 0) is 42.3 Å². The predicted molar refractivity (Wildman–Crippen MR) is 265 cm³/mol. The highest BCUT2D eigenvalue weighted by Gasteiger charge is 2.59. The molecule has 0 N–H and O–H groups in total. The van der Waals surface area contributed by atoms with E-state index in [-0.39, 0.29) is 103 Å². The Morgan fingerprint density at radius 2 is 1.42 bits per heavy atom. The fraction of sp³-hybridized carbons (Fsp3) is 0.837. The number of Topliss-reactive ketones (excluding diaryl/α,β-unsaturated/α-hetero) is 1. The van der Waals surface area contributed by atoms with Gasteiger partial charge in [0.25, 0.3) is 0 Å². The molecule has 0 aliphatic carbocycles. The van der Waals surface area contributed by atoms with Crippen molar-refractivity contribution in [3.63, 3.8) is 0 Å². The van der Waals surface area contributed by atoms with Gasteiger partial charge in [0.1, 0.15) is 36.3 Å². The first kappa shape index (κ1) is 49.9. The van der Waals surface area contributed by atoms with E-state index < -0.39 is 15.1 Å². The van der Waals surface area contributed by atoms with Gasteiger partial charge in [-0.2, -0.15) is 0 Å². The van der Waals surface area contributed by atoms with E-state index in [4.69, 9.17) is 37.5 Å². The van der Waals surface area contributed by atoms with Gasteiger partial charge in [-0.25, -0.2) is 0 Å². The Bertz CT molecular complexity index is 1510. The number of rotatable bonds is 9. The van der Waals surface area contributed by atoms with Gasteiger partial charge in [-0.1, -0.05) is 81.8 Å². The summed E-state index contributed by atoms with van der Waals surface area (Å²) in [6.07, 6.45) is 10.5. The minimum atomic E-state index is -0.901. The van der Waals surface area contributed by atoms with Crippen LogP contribution in [0.2, 0.25) is 0 Å². The predicted octanol–water partition coefficient (Wildman–Crippen LogP) is 11.0. The summed E-state index contributed by atoms with van der Waals surface area (Å²) in [4.78, 5) is 14.3. The standard InChI is InChI=1S/C43H74O9P8/c1-22-7-8-29-18-25(4)33(45-29)11-9-30-17-24(3)26(5)36(46-30)21-37-32(27(6)35(48-37)15-23(2)13-14-58-53)20-28(44)19-31-10-12-34-39(47-31)43(52-60(56)57)42-41(49-34)40(51-59(54)55)38(16-22)50-42/h23-24,27,29-43,58H,1,4-5,7-21,53-57H2,2-3,6H3/t23-,24-,27-,29+,30+,31?,32?,33?,34+,35-,36-,37?,38-,39+,40+,41+,42?,43+/m1/s1. The van der Waals surface area contributed by atoms with Crippen molar-refractivity contribution in [1.29, 1.82) is 0 Å². The van der Waals surface area contributed by atoms with Crippen molar-refractivity contribution in [2.24, 2.45) is 23.7 Å². The fourth-order valence-corrected chi connectivity index (χ4v) is 15.1. The number of carbonyl (C=O) groups is 1. The van der Waals surface area contributed by atoms with Crippen LogP contribution >= 0.6 is 68.0 Å².